The molecule has 0 saturated heterocycles. The molecule has 2 aromatic carbocycles. The summed E-state index contributed by atoms with van der Waals surface area (Å²) in [5, 5.41) is 15.6. The van der Waals surface area contributed by atoms with Gasteiger partial charge in [0.25, 0.3) is 0 Å². The first-order valence-electron chi connectivity index (χ1n) is 7.30. The average Bonchev–Trinajstić information content (AvgIpc) is 3.05. The minimum absolute atomic E-state index is 0.354. The van der Waals surface area contributed by atoms with E-state index in [-0.39, 0.29) is 0 Å². The molecule has 0 unspecified atom stereocenters. The van der Waals surface area contributed by atoms with Crippen LogP contribution in [0.4, 0.5) is 15.6 Å². The number of urea groups is 1. The number of benzene rings is 2. The zero-order valence-corrected chi connectivity index (χ0v) is 16.1. The molecular weight excluding hydrogens is 415 g/mol. The van der Waals surface area contributed by atoms with Gasteiger partial charge in [0.15, 0.2) is 0 Å². The summed E-state index contributed by atoms with van der Waals surface area (Å²) in [7, 11) is 0. The molecule has 0 aliphatic rings. The quantitative estimate of drug-likeness (QED) is 0.514. The lowest BCUT2D eigenvalue weighted by atomic mass is 10.2. The van der Waals surface area contributed by atoms with Gasteiger partial charge in [0.2, 0.25) is 5.13 Å². The summed E-state index contributed by atoms with van der Waals surface area (Å²) >= 11 is 19.1. The van der Waals surface area contributed by atoms with Crippen LogP contribution >= 0.6 is 46.1 Å². The number of nitrogens with one attached hydrogen (secondary N) is 2. The van der Waals surface area contributed by atoms with Crippen LogP contribution in [0.5, 0.6) is 0 Å². The third-order valence-electron chi connectivity index (χ3n) is 3.15. The molecule has 3 rings (SSSR count). The highest BCUT2D eigenvalue weighted by molar-refractivity contribution is 7.16. The van der Waals surface area contributed by atoms with Crippen LogP contribution in [0.2, 0.25) is 15.1 Å². The summed E-state index contributed by atoms with van der Waals surface area (Å²) in [4.78, 5) is 12.0. The van der Waals surface area contributed by atoms with Gasteiger partial charge in [-0.3, -0.25) is 5.32 Å². The van der Waals surface area contributed by atoms with Gasteiger partial charge in [-0.15, -0.1) is 10.2 Å². The Bertz CT molecular complexity index is 974. The van der Waals surface area contributed by atoms with Crippen molar-refractivity contribution in [1.82, 2.24) is 10.2 Å². The monoisotopic (exact) mass is 424 g/mol. The summed E-state index contributed by atoms with van der Waals surface area (Å²) in [6, 6.07) is 11.8. The van der Waals surface area contributed by atoms with Crippen LogP contribution in [-0.2, 0) is 0 Å². The van der Waals surface area contributed by atoms with Crippen molar-refractivity contribution in [3.63, 3.8) is 0 Å². The van der Waals surface area contributed by atoms with E-state index < -0.39 is 6.03 Å². The molecule has 0 bridgehead atoms. The van der Waals surface area contributed by atoms with Gasteiger partial charge in [-0.2, -0.15) is 0 Å². The summed E-state index contributed by atoms with van der Waals surface area (Å²) in [5.41, 5.74) is 1.39. The van der Waals surface area contributed by atoms with Crippen molar-refractivity contribution in [2.75, 3.05) is 10.6 Å². The second kappa shape index (κ2) is 8.51. The number of carbonyl (C=O) groups excluding carboxylic acids is 1. The van der Waals surface area contributed by atoms with Gasteiger partial charge in [0.1, 0.15) is 5.01 Å². The van der Waals surface area contributed by atoms with E-state index in [4.69, 9.17) is 34.8 Å². The molecule has 0 saturated carbocycles. The molecule has 3 aromatic rings. The normalized spacial score (nSPS) is 10.9. The Labute approximate surface area is 168 Å². The molecule has 132 valence electrons. The maximum absolute atomic E-state index is 12.0. The molecule has 9 heteroatoms. The molecule has 0 spiro atoms. The number of hydrogen-bond acceptors (Lipinski definition) is 4. The van der Waals surface area contributed by atoms with Crippen LogP contribution in [-0.4, -0.2) is 16.2 Å². The Hall–Kier alpha value is -2.12. The van der Waals surface area contributed by atoms with Crippen LogP contribution in [0.15, 0.2) is 42.5 Å². The molecule has 5 nitrogen and oxygen atoms in total. The summed E-state index contributed by atoms with van der Waals surface area (Å²) in [6.45, 7) is 0. The Morgan fingerprint density at radius 3 is 2.50 bits per heavy atom. The number of hydrogen-bond donors (Lipinski definition) is 2. The number of carbonyl (C=O) groups is 1. The molecule has 0 atom stereocenters. The summed E-state index contributed by atoms with van der Waals surface area (Å²) < 4.78 is 0. The third kappa shape index (κ3) is 4.95. The van der Waals surface area contributed by atoms with E-state index in [1.807, 2.05) is 30.3 Å². The van der Waals surface area contributed by atoms with E-state index in [1.165, 1.54) is 11.3 Å². The first-order chi connectivity index (χ1) is 12.5. The Balaban J connectivity index is 1.62. The van der Waals surface area contributed by atoms with E-state index in [9.17, 15) is 4.79 Å². The highest BCUT2D eigenvalue weighted by atomic mass is 35.5. The van der Waals surface area contributed by atoms with E-state index in [1.54, 1.807) is 24.3 Å². The van der Waals surface area contributed by atoms with Crippen molar-refractivity contribution >= 4 is 75.1 Å². The maximum Gasteiger partial charge on any atom is 0.325 e. The molecule has 2 amide bonds. The van der Waals surface area contributed by atoms with Crippen molar-refractivity contribution in [3.8, 4) is 0 Å². The van der Waals surface area contributed by atoms with Crippen LogP contribution in [0, 0.1) is 0 Å². The highest BCUT2D eigenvalue weighted by Crippen LogP contribution is 2.25. The Morgan fingerprint density at radius 1 is 0.923 bits per heavy atom. The second-order valence-electron chi connectivity index (χ2n) is 5.01. The van der Waals surface area contributed by atoms with E-state index >= 15 is 0 Å². The standard InChI is InChI=1S/C17H11Cl3N4OS/c18-12-4-2-1-3-10(12)5-8-15-23-24-17(26-15)22-16(25)21-11-6-7-13(19)14(20)9-11/h1-9H,(H2,21,22,24,25). The fourth-order valence-corrected chi connectivity index (χ4v) is 3.10. The first-order valence-corrected chi connectivity index (χ1v) is 9.25. The fraction of sp³-hybridized carbons (Fsp3) is 0. The topological polar surface area (TPSA) is 66.9 Å². The minimum atomic E-state index is -0.457. The molecule has 0 aliphatic heterocycles. The predicted octanol–water partition coefficient (Wildman–Crippen LogP) is 6.31. The molecule has 0 aliphatic carbocycles. The minimum Gasteiger partial charge on any atom is -0.308 e. The predicted molar refractivity (Wildman–Crippen MR) is 109 cm³/mol. The fourth-order valence-electron chi connectivity index (χ4n) is 1.96. The SMILES string of the molecule is O=C(Nc1ccc(Cl)c(Cl)c1)Nc1nnc(C=Cc2ccccc2Cl)s1. The van der Waals surface area contributed by atoms with Gasteiger partial charge in [-0.1, -0.05) is 70.4 Å². The Kier molecular flexibility index (Phi) is 6.11. The van der Waals surface area contributed by atoms with Gasteiger partial charge >= 0.3 is 6.03 Å². The number of halogens is 3. The van der Waals surface area contributed by atoms with Crippen LogP contribution < -0.4 is 10.6 Å². The van der Waals surface area contributed by atoms with Gasteiger partial charge < -0.3 is 5.32 Å². The van der Waals surface area contributed by atoms with Crippen LogP contribution in [0.3, 0.4) is 0 Å². The molecule has 1 aromatic heterocycles. The van der Waals surface area contributed by atoms with Crippen LogP contribution in [0.25, 0.3) is 12.2 Å². The van der Waals surface area contributed by atoms with E-state index in [0.717, 1.165) is 5.56 Å². The Morgan fingerprint density at radius 2 is 1.73 bits per heavy atom. The van der Waals surface area contributed by atoms with E-state index in [0.29, 0.717) is 30.9 Å². The molecule has 2 N–H and O–H groups in total. The lowest BCUT2D eigenvalue weighted by Crippen LogP contribution is -2.19. The van der Waals surface area contributed by atoms with Crippen molar-refractivity contribution in [2.45, 2.75) is 0 Å². The van der Waals surface area contributed by atoms with Crippen molar-refractivity contribution in [3.05, 3.63) is 68.1 Å². The molecule has 26 heavy (non-hydrogen) atoms. The van der Waals surface area contributed by atoms with Gasteiger partial charge in [-0.25, -0.2) is 4.79 Å². The van der Waals surface area contributed by atoms with Gasteiger partial charge in [0.05, 0.1) is 10.0 Å². The number of anilines is 2. The number of nitrogens with zero attached hydrogens (tertiary/aromatic N) is 2. The molecule has 0 fully saturated rings. The largest absolute Gasteiger partial charge is 0.325 e. The van der Waals surface area contributed by atoms with Crippen molar-refractivity contribution in [2.24, 2.45) is 0 Å². The summed E-state index contributed by atoms with van der Waals surface area (Å²) in [6.07, 6.45) is 3.61. The zero-order chi connectivity index (χ0) is 18.5. The second-order valence-corrected chi connectivity index (χ2v) is 7.24. The number of rotatable bonds is 4. The molecular formula is C17H11Cl3N4OS. The number of aromatic nitrogens is 2. The smallest absolute Gasteiger partial charge is 0.308 e. The van der Waals surface area contributed by atoms with E-state index in [2.05, 4.69) is 20.8 Å². The average molecular weight is 426 g/mol. The lowest BCUT2D eigenvalue weighted by molar-refractivity contribution is 0.262. The molecule has 0 radical (unpaired) electrons. The highest BCUT2D eigenvalue weighted by Gasteiger charge is 2.08. The van der Waals surface area contributed by atoms with Gasteiger partial charge in [0, 0.05) is 10.7 Å². The number of amides is 2. The zero-order valence-electron chi connectivity index (χ0n) is 13.0. The molecule has 1 heterocycles. The third-order valence-corrected chi connectivity index (χ3v) is 5.04. The lowest BCUT2D eigenvalue weighted by Gasteiger charge is -2.05. The van der Waals surface area contributed by atoms with Crippen molar-refractivity contribution in [1.29, 1.82) is 0 Å². The summed E-state index contributed by atoms with van der Waals surface area (Å²) in [5.74, 6) is 0. The van der Waals surface area contributed by atoms with Crippen LogP contribution in [0.1, 0.15) is 10.6 Å². The maximum atomic E-state index is 12.0. The van der Waals surface area contributed by atoms with Gasteiger partial charge in [-0.05, 0) is 35.9 Å². The van der Waals surface area contributed by atoms with Crippen molar-refractivity contribution < 1.29 is 4.79 Å². The first kappa shape index (κ1) is 18.7.